The van der Waals surface area contributed by atoms with E-state index in [-0.39, 0.29) is 24.0 Å². The van der Waals surface area contributed by atoms with Crippen LogP contribution in [0.5, 0.6) is 0 Å². The maximum Gasteiger partial charge on any atom is 0.306 e. The molecule has 0 aliphatic rings. The molecule has 6 nitrogen and oxygen atoms in total. The van der Waals surface area contributed by atoms with Crippen LogP contribution in [0.3, 0.4) is 0 Å². The Labute approximate surface area is 109 Å². The molecule has 0 saturated heterocycles. The van der Waals surface area contributed by atoms with Crippen molar-refractivity contribution in [3.8, 4) is 0 Å². The van der Waals surface area contributed by atoms with Crippen molar-refractivity contribution >= 4 is 15.8 Å². The number of esters is 1. The van der Waals surface area contributed by atoms with Gasteiger partial charge in [-0.25, -0.2) is 8.42 Å². The third kappa shape index (κ3) is 5.79. The van der Waals surface area contributed by atoms with Crippen LogP contribution in [0.2, 0.25) is 0 Å². The summed E-state index contributed by atoms with van der Waals surface area (Å²) in [7, 11) is 1.12. The molecule has 0 spiro atoms. The first kappa shape index (κ1) is 17.3. The minimum atomic E-state index is -3.33. The van der Waals surface area contributed by atoms with E-state index in [0.29, 0.717) is 0 Å². The van der Waals surface area contributed by atoms with Gasteiger partial charge in [0.05, 0.1) is 30.6 Å². The van der Waals surface area contributed by atoms with E-state index in [1.54, 1.807) is 7.05 Å². The van der Waals surface area contributed by atoms with Crippen molar-refractivity contribution in [2.24, 2.45) is 0 Å². The molecule has 1 atom stereocenters. The highest BCUT2D eigenvalue weighted by Gasteiger charge is 2.32. The lowest BCUT2D eigenvalue weighted by Crippen LogP contribution is -2.51. The van der Waals surface area contributed by atoms with Gasteiger partial charge in [-0.3, -0.25) is 4.79 Å². The monoisotopic (exact) mass is 281 g/mol. The second kappa shape index (κ2) is 7.06. The van der Waals surface area contributed by atoms with Crippen LogP contribution in [0.4, 0.5) is 0 Å². The van der Waals surface area contributed by atoms with E-state index < -0.39 is 21.4 Å². The number of rotatable bonds is 8. The average molecular weight is 281 g/mol. The van der Waals surface area contributed by atoms with Gasteiger partial charge in [0.1, 0.15) is 0 Å². The van der Waals surface area contributed by atoms with E-state index in [2.05, 4.69) is 10.1 Å². The second-order valence-corrected chi connectivity index (χ2v) is 6.82. The molecule has 18 heavy (non-hydrogen) atoms. The van der Waals surface area contributed by atoms with Crippen LogP contribution < -0.4 is 5.32 Å². The molecule has 0 bridgehead atoms. The summed E-state index contributed by atoms with van der Waals surface area (Å²) >= 11 is 0. The maximum atomic E-state index is 11.9. The summed E-state index contributed by atoms with van der Waals surface area (Å²) in [5, 5.41) is 2.93. The van der Waals surface area contributed by atoms with Gasteiger partial charge in [0, 0.05) is 13.2 Å². The summed E-state index contributed by atoms with van der Waals surface area (Å²) in [6, 6.07) is -0.342. The molecule has 0 heterocycles. The predicted molar refractivity (Wildman–Crippen MR) is 69.2 cm³/mol. The maximum absolute atomic E-state index is 11.9. The molecule has 0 saturated carbocycles. The van der Waals surface area contributed by atoms with Crippen molar-refractivity contribution in [1.29, 1.82) is 0 Å². The molecule has 0 amide bonds. The molecule has 1 N–H and O–H groups in total. The summed E-state index contributed by atoms with van der Waals surface area (Å²) in [5.41, 5.74) is -0.604. The number of ether oxygens (including phenoxy) is 2. The Hall–Kier alpha value is -0.660. The molecule has 0 rings (SSSR count). The number of carbonyl (C=O) groups is 1. The van der Waals surface area contributed by atoms with E-state index in [0.717, 1.165) is 0 Å². The van der Waals surface area contributed by atoms with Gasteiger partial charge in [-0.05, 0) is 20.9 Å². The van der Waals surface area contributed by atoms with Crippen molar-refractivity contribution < 1.29 is 22.7 Å². The first-order chi connectivity index (χ1) is 8.18. The minimum Gasteiger partial charge on any atom is -0.469 e. The summed E-state index contributed by atoms with van der Waals surface area (Å²) in [4.78, 5) is 10.9. The van der Waals surface area contributed by atoms with Crippen molar-refractivity contribution in [1.82, 2.24) is 5.32 Å². The highest BCUT2D eigenvalue weighted by molar-refractivity contribution is 7.91. The van der Waals surface area contributed by atoms with Crippen LogP contribution in [0.25, 0.3) is 0 Å². The zero-order valence-electron chi connectivity index (χ0n) is 11.6. The normalized spacial score (nSPS) is 14.3. The zero-order valence-corrected chi connectivity index (χ0v) is 12.5. The molecule has 0 aromatic heterocycles. The quantitative estimate of drug-likeness (QED) is 0.630. The van der Waals surface area contributed by atoms with Crippen LogP contribution in [0.15, 0.2) is 0 Å². The smallest absolute Gasteiger partial charge is 0.306 e. The number of sulfone groups is 1. The lowest BCUT2D eigenvalue weighted by atomic mass is 10.0. The van der Waals surface area contributed by atoms with Gasteiger partial charge in [0.2, 0.25) is 0 Å². The van der Waals surface area contributed by atoms with Crippen LogP contribution in [0.1, 0.15) is 20.3 Å². The number of carbonyl (C=O) groups excluding carboxylic acids is 1. The SMILES string of the molecule is CNC(CS(=O)(=O)CCC(=O)OC)C(C)(C)OC. The van der Waals surface area contributed by atoms with E-state index in [1.807, 2.05) is 13.8 Å². The fourth-order valence-corrected chi connectivity index (χ4v) is 3.17. The molecule has 0 aliphatic heterocycles. The molecule has 0 aliphatic carbocycles. The first-order valence-corrected chi connectivity index (χ1v) is 7.50. The minimum absolute atomic E-state index is 0.0820. The van der Waals surface area contributed by atoms with Gasteiger partial charge in [0.25, 0.3) is 0 Å². The third-order valence-electron chi connectivity index (χ3n) is 2.98. The average Bonchev–Trinajstić information content (AvgIpc) is 2.32. The number of nitrogens with one attached hydrogen (secondary N) is 1. The molecule has 1 unspecified atom stereocenters. The van der Waals surface area contributed by atoms with Crippen LogP contribution in [-0.2, 0) is 24.1 Å². The Morgan fingerprint density at radius 2 is 1.89 bits per heavy atom. The van der Waals surface area contributed by atoms with Crippen molar-refractivity contribution in [3.63, 3.8) is 0 Å². The van der Waals surface area contributed by atoms with E-state index >= 15 is 0 Å². The largest absolute Gasteiger partial charge is 0.469 e. The molecular weight excluding hydrogens is 258 g/mol. The fourth-order valence-electron chi connectivity index (χ4n) is 1.45. The highest BCUT2D eigenvalue weighted by atomic mass is 32.2. The summed E-state index contributed by atoms with van der Waals surface area (Å²) in [6.45, 7) is 3.62. The van der Waals surface area contributed by atoms with E-state index in [9.17, 15) is 13.2 Å². The first-order valence-electron chi connectivity index (χ1n) is 5.68. The third-order valence-corrected chi connectivity index (χ3v) is 4.65. The summed E-state index contributed by atoms with van der Waals surface area (Å²) in [5.74, 6) is -0.815. The zero-order chi connectivity index (χ0) is 14.4. The van der Waals surface area contributed by atoms with Gasteiger partial charge in [0.15, 0.2) is 9.84 Å². The van der Waals surface area contributed by atoms with Gasteiger partial charge in [-0.15, -0.1) is 0 Å². The van der Waals surface area contributed by atoms with E-state index in [4.69, 9.17) is 4.74 Å². The topological polar surface area (TPSA) is 81.7 Å². The molecule has 7 heteroatoms. The molecule has 0 aromatic rings. The lowest BCUT2D eigenvalue weighted by Gasteiger charge is -2.32. The van der Waals surface area contributed by atoms with Crippen LogP contribution >= 0.6 is 0 Å². The summed E-state index contributed by atoms with van der Waals surface area (Å²) < 4.78 is 33.4. The van der Waals surface area contributed by atoms with Gasteiger partial charge in [-0.2, -0.15) is 0 Å². The van der Waals surface area contributed by atoms with Gasteiger partial charge < -0.3 is 14.8 Å². The molecule has 0 fully saturated rings. The second-order valence-electron chi connectivity index (χ2n) is 4.59. The van der Waals surface area contributed by atoms with Crippen LogP contribution in [0, 0.1) is 0 Å². The van der Waals surface area contributed by atoms with Crippen molar-refractivity contribution in [3.05, 3.63) is 0 Å². The van der Waals surface area contributed by atoms with Crippen molar-refractivity contribution in [2.75, 3.05) is 32.8 Å². The number of hydrogen-bond donors (Lipinski definition) is 1. The highest BCUT2D eigenvalue weighted by Crippen LogP contribution is 2.15. The predicted octanol–water partition coefficient (Wildman–Crippen LogP) is -0.0227. The fraction of sp³-hybridized carbons (Fsp3) is 0.909. The Kier molecular flexibility index (Phi) is 6.80. The van der Waals surface area contributed by atoms with Gasteiger partial charge in [-0.1, -0.05) is 0 Å². The van der Waals surface area contributed by atoms with E-state index in [1.165, 1.54) is 14.2 Å². The Morgan fingerprint density at radius 3 is 2.28 bits per heavy atom. The number of likely N-dealkylation sites (N-methyl/N-ethyl adjacent to an activating group) is 1. The Morgan fingerprint density at radius 1 is 1.33 bits per heavy atom. The lowest BCUT2D eigenvalue weighted by molar-refractivity contribution is -0.140. The molecule has 0 radical (unpaired) electrons. The standard InChI is InChI=1S/C11H23NO5S/c1-11(2,17-5)9(12-3)8-18(14,15)7-6-10(13)16-4/h9,12H,6-8H2,1-5H3. The van der Waals surface area contributed by atoms with Crippen LogP contribution in [-0.4, -0.2) is 58.8 Å². The molecular formula is C11H23NO5S. The van der Waals surface area contributed by atoms with Crippen molar-refractivity contribution in [2.45, 2.75) is 31.9 Å². The van der Waals surface area contributed by atoms with Gasteiger partial charge >= 0.3 is 5.97 Å². The molecule has 108 valence electrons. The molecule has 0 aromatic carbocycles. The number of methoxy groups -OCH3 is 2. The Balaban J connectivity index is 4.59. The summed E-state index contributed by atoms with van der Waals surface area (Å²) in [6.07, 6.45) is -0.122. The Bertz CT molecular complexity index is 364. The number of hydrogen-bond acceptors (Lipinski definition) is 6.